The summed E-state index contributed by atoms with van der Waals surface area (Å²) in [6, 6.07) is 5.79. The number of hydrogen-bond acceptors (Lipinski definition) is 2. The van der Waals surface area contributed by atoms with Gasteiger partial charge in [-0.1, -0.05) is 17.7 Å². The first kappa shape index (κ1) is 10.8. The van der Waals surface area contributed by atoms with E-state index in [4.69, 9.17) is 22.1 Å². The molecule has 1 aliphatic heterocycles. The third-order valence-corrected chi connectivity index (χ3v) is 3.06. The average molecular weight is 226 g/mol. The monoisotopic (exact) mass is 225 g/mol. The molecule has 82 valence electrons. The number of halogens is 1. The first-order valence-electron chi connectivity index (χ1n) is 5.20. The summed E-state index contributed by atoms with van der Waals surface area (Å²) in [4.78, 5) is 0. The van der Waals surface area contributed by atoms with Gasteiger partial charge in [-0.2, -0.15) is 0 Å². The Morgan fingerprint density at radius 3 is 2.93 bits per heavy atom. The minimum atomic E-state index is -0.151. The van der Waals surface area contributed by atoms with Crippen LogP contribution in [0.15, 0.2) is 18.2 Å². The predicted octanol–water partition coefficient (Wildman–Crippen LogP) is 2.94. The van der Waals surface area contributed by atoms with Crippen LogP contribution >= 0.6 is 11.6 Å². The zero-order valence-corrected chi connectivity index (χ0v) is 9.84. The van der Waals surface area contributed by atoms with Crippen LogP contribution in [0.2, 0.25) is 5.02 Å². The van der Waals surface area contributed by atoms with Gasteiger partial charge in [0, 0.05) is 10.9 Å². The molecule has 0 bridgehead atoms. The van der Waals surface area contributed by atoms with E-state index >= 15 is 0 Å². The Bertz CT molecular complexity index is 376. The molecule has 0 spiro atoms. The molecule has 1 atom stereocenters. The van der Waals surface area contributed by atoms with Crippen molar-refractivity contribution in [3.8, 4) is 5.75 Å². The van der Waals surface area contributed by atoms with Gasteiger partial charge in [0.1, 0.15) is 11.4 Å². The van der Waals surface area contributed by atoms with Crippen molar-refractivity contribution < 1.29 is 4.74 Å². The van der Waals surface area contributed by atoms with E-state index in [0.29, 0.717) is 17.5 Å². The van der Waals surface area contributed by atoms with Crippen LogP contribution in [0.3, 0.4) is 0 Å². The second-order valence-electron chi connectivity index (χ2n) is 4.68. The third kappa shape index (κ3) is 2.11. The van der Waals surface area contributed by atoms with Crippen molar-refractivity contribution in [1.29, 1.82) is 0 Å². The van der Waals surface area contributed by atoms with Gasteiger partial charge in [-0.15, -0.1) is 0 Å². The molecular weight excluding hydrogens is 210 g/mol. The smallest absolute Gasteiger partial charge is 0.125 e. The highest BCUT2D eigenvalue weighted by Gasteiger charge is 2.32. The van der Waals surface area contributed by atoms with Crippen molar-refractivity contribution in [2.75, 3.05) is 6.54 Å². The Balaban J connectivity index is 2.44. The molecule has 1 aromatic rings. The Hall–Kier alpha value is -0.730. The Morgan fingerprint density at radius 1 is 1.53 bits per heavy atom. The standard InChI is InChI=1S/C12H16ClNO/c1-12(2)6-8(7-14)10-4-3-9(13)5-11(10)15-12/h3-5,8H,6-7,14H2,1-2H3. The lowest BCUT2D eigenvalue weighted by molar-refractivity contribution is 0.0731. The molecule has 0 radical (unpaired) electrons. The molecule has 0 saturated carbocycles. The minimum absolute atomic E-state index is 0.151. The molecule has 1 aromatic carbocycles. The van der Waals surface area contributed by atoms with Crippen LogP contribution in [0, 0.1) is 0 Å². The predicted molar refractivity (Wildman–Crippen MR) is 62.6 cm³/mol. The van der Waals surface area contributed by atoms with Crippen LogP contribution in [0.5, 0.6) is 5.75 Å². The van der Waals surface area contributed by atoms with Gasteiger partial charge in [0.05, 0.1) is 0 Å². The number of hydrogen-bond donors (Lipinski definition) is 1. The van der Waals surface area contributed by atoms with Crippen molar-refractivity contribution in [1.82, 2.24) is 0 Å². The topological polar surface area (TPSA) is 35.2 Å². The lowest BCUT2D eigenvalue weighted by atomic mass is 9.84. The van der Waals surface area contributed by atoms with E-state index in [1.54, 1.807) is 0 Å². The molecule has 0 aliphatic carbocycles. The van der Waals surface area contributed by atoms with Crippen LogP contribution in [0.1, 0.15) is 31.7 Å². The molecule has 2 nitrogen and oxygen atoms in total. The van der Waals surface area contributed by atoms with Crippen molar-refractivity contribution in [3.63, 3.8) is 0 Å². The summed E-state index contributed by atoms with van der Waals surface area (Å²) < 4.78 is 5.89. The molecule has 0 aromatic heterocycles. The van der Waals surface area contributed by atoms with Gasteiger partial charge in [-0.3, -0.25) is 0 Å². The maximum atomic E-state index is 5.95. The number of nitrogens with two attached hydrogens (primary N) is 1. The maximum Gasteiger partial charge on any atom is 0.125 e. The van der Waals surface area contributed by atoms with Gasteiger partial charge < -0.3 is 10.5 Å². The first-order chi connectivity index (χ1) is 7.02. The Labute approximate surface area is 95.4 Å². The summed E-state index contributed by atoms with van der Waals surface area (Å²) in [5, 5.41) is 0.710. The van der Waals surface area contributed by atoms with E-state index in [2.05, 4.69) is 13.8 Å². The van der Waals surface area contributed by atoms with Gasteiger partial charge in [0.15, 0.2) is 0 Å². The highest BCUT2D eigenvalue weighted by molar-refractivity contribution is 6.30. The van der Waals surface area contributed by atoms with Crippen LogP contribution in [-0.2, 0) is 0 Å². The van der Waals surface area contributed by atoms with Gasteiger partial charge >= 0.3 is 0 Å². The van der Waals surface area contributed by atoms with Crippen molar-refractivity contribution >= 4 is 11.6 Å². The quantitative estimate of drug-likeness (QED) is 0.798. The Kier molecular flexibility index (Phi) is 2.65. The molecule has 3 heteroatoms. The summed E-state index contributed by atoms with van der Waals surface area (Å²) in [6.07, 6.45) is 0.956. The summed E-state index contributed by atoms with van der Waals surface area (Å²) >= 11 is 5.95. The highest BCUT2D eigenvalue weighted by Crippen LogP contribution is 2.41. The fourth-order valence-corrected chi connectivity index (χ4v) is 2.35. The molecule has 0 fully saturated rings. The molecule has 1 aliphatic rings. The van der Waals surface area contributed by atoms with Crippen LogP contribution in [0.4, 0.5) is 0 Å². The third-order valence-electron chi connectivity index (χ3n) is 2.82. The zero-order chi connectivity index (χ0) is 11.1. The summed E-state index contributed by atoms with van der Waals surface area (Å²) in [6.45, 7) is 4.82. The van der Waals surface area contributed by atoms with Crippen molar-refractivity contribution in [2.45, 2.75) is 31.8 Å². The summed E-state index contributed by atoms with van der Waals surface area (Å²) in [7, 11) is 0. The number of rotatable bonds is 1. The average Bonchev–Trinajstić information content (AvgIpc) is 2.14. The highest BCUT2D eigenvalue weighted by atomic mass is 35.5. The zero-order valence-electron chi connectivity index (χ0n) is 9.09. The second kappa shape index (κ2) is 3.69. The molecule has 1 unspecified atom stereocenters. The number of benzene rings is 1. The van der Waals surface area contributed by atoms with Gasteiger partial charge in [-0.25, -0.2) is 0 Å². The molecule has 0 amide bonds. The first-order valence-corrected chi connectivity index (χ1v) is 5.58. The second-order valence-corrected chi connectivity index (χ2v) is 5.12. The summed E-state index contributed by atoms with van der Waals surface area (Å²) in [5.74, 6) is 1.26. The van der Waals surface area contributed by atoms with Gasteiger partial charge in [0.2, 0.25) is 0 Å². The van der Waals surface area contributed by atoms with Crippen LogP contribution in [0.25, 0.3) is 0 Å². The minimum Gasteiger partial charge on any atom is -0.487 e. The molecule has 0 saturated heterocycles. The molecule has 2 N–H and O–H groups in total. The van der Waals surface area contributed by atoms with E-state index in [9.17, 15) is 0 Å². The van der Waals surface area contributed by atoms with E-state index in [1.807, 2.05) is 18.2 Å². The van der Waals surface area contributed by atoms with E-state index < -0.39 is 0 Å². The lowest BCUT2D eigenvalue weighted by Gasteiger charge is -2.37. The normalized spacial score (nSPS) is 23.1. The van der Waals surface area contributed by atoms with E-state index in [0.717, 1.165) is 12.2 Å². The fraction of sp³-hybridized carbons (Fsp3) is 0.500. The molecule has 1 heterocycles. The molecular formula is C12H16ClNO. The number of fused-ring (bicyclic) bond motifs is 1. The summed E-state index contributed by atoms with van der Waals surface area (Å²) in [5.41, 5.74) is 6.82. The number of ether oxygens (including phenoxy) is 1. The fourth-order valence-electron chi connectivity index (χ4n) is 2.19. The van der Waals surface area contributed by atoms with Gasteiger partial charge in [0.25, 0.3) is 0 Å². The van der Waals surface area contributed by atoms with Crippen LogP contribution < -0.4 is 10.5 Å². The SMILES string of the molecule is CC1(C)CC(CN)c2ccc(Cl)cc2O1. The lowest BCUT2D eigenvalue weighted by Crippen LogP contribution is -2.36. The maximum absolute atomic E-state index is 5.95. The van der Waals surface area contributed by atoms with Crippen LogP contribution in [-0.4, -0.2) is 12.1 Å². The van der Waals surface area contributed by atoms with E-state index in [1.165, 1.54) is 5.56 Å². The Morgan fingerprint density at radius 2 is 2.27 bits per heavy atom. The molecule has 15 heavy (non-hydrogen) atoms. The van der Waals surface area contributed by atoms with Gasteiger partial charge in [-0.05, 0) is 44.5 Å². The molecule has 2 rings (SSSR count). The van der Waals surface area contributed by atoms with Crippen molar-refractivity contribution in [2.24, 2.45) is 5.73 Å². The van der Waals surface area contributed by atoms with Crippen molar-refractivity contribution in [3.05, 3.63) is 28.8 Å². The largest absolute Gasteiger partial charge is 0.487 e. The van der Waals surface area contributed by atoms with E-state index in [-0.39, 0.29) is 5.60 Å².